The summed E-state index contributed by atoms with van der Waals surface area (Å²) in [5.74, 6) is 0. The van der Waals surface area contributed by atoms with Crippen LogP contribution in [0, 0.1) is 0 Å². The molecular weight excluding hydrogens is 320 g/mol. The minimum absolute atomic E-state index is 0.290. The van der Waals surface area contributed by atoms with E-state index in [9.17, 15) is 5.11 Å². The van der Waals surface area contributed by atoms with Gasteiger partial charge in [-0.15, -0.1) is 0 Å². The fraction of sp³-hybridized carbons (Fsp3) is 0.667. The number of nitrogens with zero attached hydrogens (tertiary/aromatic N) is 4. The van der Waals surface area contributed by atoms with Crippen LogP contribution < -0.4 is 0 Å². The summed E-state index contributed by atoms with van der Waals surface area (Å²) in [5.41, 5.74) is 3.31. The first kappa shape index (κ1) is 16.4. The fourth-order valence-corrected chi connectivity index (χ4v) is 4.90. The lowest BCUT2D eigenvalue weighted by Gasteiger charge is -2.44. The normalized spacial score (nSPS) is 24.1. The molecule has 1 atom stereocenters. The maximum absolute atomic E-state index is 9.49. The molecule has 2 heterocycles. The van der Waals surface area contributed by atoms with Gasteiger partial charge < -0.3 is 5.11 Å². The third kappa shape index (κ3) is 3.47. The average Bonchev–Trinajstić information content (AvgIpc) is 3.26. The quantitative estimate of drug-likeness (QED) is 0.901. The van der Waals surface area contributed by atoms with Crippen LogP contribution in [0.2, 0.25) is 0 Å². The molecule has 1 saturated carbocycles. The van der Waals surface area contributed by atoms with Crippen LogP contribution in [0.5, 0.6) is 0 Å². The number of rotatable bonds is 5. The van der Waals surface area contributed by atoms with Crippen molar-refractivity contribution in [2.45, 2.75) is 50.7 Å². The summed E-state index contributed by atoms with van der Waals surface area (Å²) in [6, 6.07) is 7.67. The van der Waals surface area contributed by atoms with E-state index in [-0.39, 0.29) is 6.61 Å². The summed E-state index contributed by atoms with van der Waals surface area (Å²) in [5, 5.41) is 9.49. The largest absolute Gasteiger partial charge is 0.396 e. The zero-order valence-corrected chi connectivity index (χ0v) is 14.9. The molecule has 2 fully saturated rings. The Morgan fingerprint density at radius 1 is 1.12 bits per heavy atom. The molecule has 1 aliphatic carbocycles. The van der Waals surface area contributed by atoms with Gasteiger partial charge in [-0.25, -0.2) is 0 Å². The molecule has 1 aliphatic heterocycles. The van der Waals surface area contributed by atoms with Crippen LogP contribution in [0.1, 0.15) is 37.7 Å². The van der Waals surface area contributed by atoms with Crippen molar-refractivity contribution in [3.63, 3.8) is 0 Å². The minimum Gasteiger partial charge on any atom is -0.396 e. The van der Waals surface area contributed by atoms with Crippen LogP contribution in [0.25, 0.3) is 11.0 Å². The van der Waals surface area contributed by atoms with Crippen molar-refractivity contribution in [3.8, 4) is 0 Å². The van der Waals surface area contributed by atoms with Crippen molar-refractivity contribution in [2.24, 2.45) is 0 Å². The molecule has 1 saturated heterocycles. The van der Waals surface area contributed by atoms with E-state index in [1.165, 1.54) is 43.0 Å². The van der Waals surface area contributed by atoms with Crippen LogP contribution in [-0.2, 0) is 6.54 Å². The fourth-order valence-electron chi connectivity index (χ4n) is 4.38. The Morgan fingerprint density at radius 2 is 1.96 bits per heavy atom. The van der Waals surface area contributed by atoms with Gasteiger partial charge in [-0.2, -0.15) is 8.75 Å². The first-order chi connectivity index (χ1) is 11.8. The molecule has 130 valence electrons. The number of aliphatic hydroxyl groups excluding tert-OH is 1. The topological polar surface area (TPSA) is 52.5 Å². The molecule has 4 rings (SSSR count). The molecule has 0 unspecified atom stereocenters. The third-order valence-electron chi connectivity index (χ3n) is 5.59. The number of hydrogen-bond acceptors (Lipinski definition) is 6. The molecular formula is C18H26N4OS. The summed E-state index contributed by atoms with van der Waals surface area (Å²) in [6.07, 6.45) is 6.32. The van der Waals surface area contributed by atoms with E-state index in [1.54, 1.807) is 0 Å². The summed E-state index contributed by atoms with van der Waals surface area (Å²) >= 11 is 1.28. The zero-order chi connectivity index (χ0) is 16.4. The molecule has 1 N–H and O–H groups in total. The standard InChI is InChI=1S/C18H26N4OS/c23-10-7-16-13-21(8-9-22(16)15-3-1-2-4-15)12-14-5-6-17-18(11-14)20-24-19-17/h5-6,11,15-16,23H,1-4,7-10,12-13H2/t16-/m0/s1. The number of fused-ring (bicyclic) bond motifs is 1. The Hall–Kier alpha value is -1.08. The maximum Gasteiger partial charge on any atom is 0.105 e. The average molecular weight is 347 g/mol. The summed E-state index contributed by atoms with van der Waals surface area (Å²) in [7, 11) is 0. The van der Waals surface area contributed by atoms with Gasteiger partial charge in [-0.3, -0.25) is 9.80 Å². The monoisotopic (exact) mass is 346 g/mol. The molecule has 5 nitrogen and oxygen atoms in total. The second-order valence-electron chi connectivity index (χ2n) is 7.16. The van der Waals surface area contributed by atoms with Gasteiger partial charge in [0.2, 0.25) is 0 Å². The molecule has 6 heteroatoms. The predicted octanol–water partition coefficient (Wildman–Crippen LogP) is 2.50. The second kappa shape index (κ2) is 7.44. The van der Waals surface area contributed by atoms with Gasteiger partial charge in [0.05, 0.1) is 11.7 Å². The summed E-state index contributed by atoms with van der Waals surface area (Å²) < 4.78 is 8.63. The molecule has 2 aliphatic rings. The van der Waals surface area contributed by atoms with Crippen LogP contribution in [0.15, 0.2) is 18.2 Å². The molecule has 1 aromatic heterocycles. The van der Waals surface area contributed by atoms with Gasteiger partial charge in [0.15, 0.2) is 0 Å². The van der Waals surface area contributed by atoms with Crippen molar-refractivity contribution < 1.29 is 5.11 Å². The molecule has 24 heavy (non-hydrogen) atoms. The van der Waals surface area contributed by atoms with E-state index in [2.05, 4.69) is 36.7 Å². The van der Waals surface area contributed by atoms with Crippen molar-refractivity contribution in [3.05, 3.63) is 23.8 Å². The molecule has 1 aromatic carbocycles. The van der Waals surface area contributed by atoms with Crippen molar-refractivity contribution in [1.82, 2.24) is 18.5 Å². The van der Waals surface area contributed by atoms with Gasteiger partial charge in [-0.05, 0) is 37.0 Å². The van der Waals surface area contributed by atoms with E-state index in [0.717, 1.165) is 49.7 Å². The van der Waals surface area contributed by atoms with Crippen molar-refractivity contribution in [2.75, 3.05) is 26.2 Å². The van der Waals surface area contributed by atoms with E-state index in [4.69, 9.17) is 0 Å². The highest BCUT2D eigenvalue weighted by Crippen LogP contribution is 2.28. The van der Waals surface area contributed by atoms with E-state index in [1.807, 2.05) is 0 Å². The summed E-state index contributed by atoms with van der Waals surface area (Å²) in [6.45, 7) is 4.57. The SMILES string of the molecule is OCC[C@H]1CN(Cc2ccc3nsnc3c2)CCN1C1CCCC1. The highest BCUT2D eigenvalue weighted by atomic mass is 32.1. The van der Waals surface area contributed by atoms with Gasteiger partial charge in [0.25, 0.3) is 0 Å². The highest BCUT2D eigenvalue weighted by Gasteiger charge is 2.32. The lowest BCUT2D eigenvalue weighted by atomic mass is 10.0. The highest BCUT2D eigenvalue weighted by molar-refractivity contribution is 7.00. The maximum atomic E-state index is 9.49. The van der Waals surface area contributed by atoms with E-state index in [0.29, 0.717) is 6.04 Å². The second-order valence-corrected chi connectivity index (χ2v) is 7.69. The number of benzene rings is 1. The Balaban J connectivity index is 1.42. The first-order valence-corrected chi connectivity index (χ1v) is 9.86. The van der Waals surface area contributed by atoms with Gasteiger partial charge >= 0.3 is 0 Å². The van der Waals surface area contributed by atoms with Gasteiger partial charge in [0, 0.05) is 44.9 Å². The van der Waals surface area contributed by atoms with Crippen LogP contribution >= 0.6 is 11.7 Å². The van der Waals surface area contributed by atoms with Crippen LogP contribution in [-0.4, -0.2) is 62.0 Å². The van der Waals surface area contributed by atoms with Crippen LogP contribution in [0.3, 0.4) is 0 Å². The summed E-state index contributed by atoms with van der Waals surface area (Å²) in [4.78, 5) is 5.22. The van der Waals surface area contributed by atoms with Crippen LogP contribution in [0.4, 0.5) is 0 Å². The van der Waals surface area contributed by atoms with Gasteiger partial charge in [-0.1, -0.05) is 18.9 Å². The molecule has 0 bridgehead atoms. The van der Waals surface area contributed by atoms with Gasteiger partial charge in [0.1, 0.15) is 11.0 Å². The van der Waals surface area contributed by atoms with E-state index >= 15 is 0 Å². The Morgan fingerprint density at radius 3 is 2.79 bits per heavy atom. The predicted molar refractivity (Wildman–Crippen MR) is 97.1 cm³/mol. The number of piperazine rings is 1. The third-order valence-corrected chi connectivity index (χ3v) is 6.15. The van der Waals surface area contributed by atoms with Crippen molar-refractivity contribution >= 4 is 22.8 Å². The molecule has 2 aromatic rings. The number of aliphatic hydroxyl groups is 1. The number of aromatic nitrogens is 2. The lowest BCUT2D eigenvalue weighted by molar-refractivity contribution is 0.0267. The minimum atomic E-state index is 0.290. The molecule has 0 amide bonds. The molecule has 0 spiro atoms. The zero-order valence-electron chi connectivity index (χ0n) is 14.1. The number of hydrogen-bond donors (Lipinski definition) is 1. The Labute approximate surface area is 147 Å². The lowest BCUT2D eigenvalue weighted by Crippen LogP contribution is -2.55. The smallest absolute Gasteiger partial charge is 0.105 e. The van der Waals surface area contributed by atoms with E-state index < -0.39 is 0 Å². The van der Waals surface area contributed by atoms with Crippen molar-refractivity contribution in [1.29, 1.82) is 0 Å². The Bertz CT molecular complexity index is 670. The molecule has 0 radical (unpaired) electrons. The Kier molecular flexibility index (Phi) is 5.08. The first-order valence-electron chi connectivity index (χ1n) is 9.13.